The van der Waals surface area contributed by atoms with E-state index in [1.807, 2.05) is 0 Å². The molecule has 1 unspecified atom stereocenters. The van der Waals surface area contributed by atoms with E-state index < -0.39 is 0 Å². The van der Waals surface area contributed by atoms with Crippen molar-refractivity contribution in [2.75, 3.05) is 31.6 Å². The Hall–Kier alpha value is -1.06. The van der Waals surface area contributed by atoms with E-state index in [9.17, 15) is 0 Å². The second-order valence-corrected chi connectivity index (χ2v) is 5.84. The van der Waals surface area contributed by atoms with Gasteiger partial charge in [0.25, 0.3) is 0 Å². The highest BCUT2D eigenvalue weighted by atomic mass is 16.5. The lowest BCUT2D eigenvalue weighted by Gasteiger charge is -2.22. The minimum absolute atomic E-state index is 0.706. The Kier molecular flexibility index (Phi) is 4.04. The molecule has 0 bridgehead atoms. The maximum absolute atomic E-state index is 5.30. The highest BCUT2D eigenvalue weighted by molar-refractivity contribution is 5.54. The van der Waals surface area contributed by atoms with E-state index in [0.717, 1.165) is 12.0 Å². The van der Waals surface area contributed by atoms with Gasteiger partial charge in [-0.3, -0.25) is 0 Å². The van der Waals surface area contributed by atoms with Crippen LogP contribution in [0.4, 0.5) is 5.69 Å². The summed E-state index contributed by atoms with van der Waals surface area (Å²) < 4.78 is 5.30. The number of para-hydroxylation sites is 1. The molecule has 1 atom stereocenters. The van der Waals surface area contributed by atoms with Gasteiger partial charge in [-0.2, -0.15) is 0 Å². The zero-order chi connectivity index (χ0) is 13.1. The normalized spacial score (nSPS) is 23.0. The van der Waals surface area contributed by atoms with Gasteiger partial charge in [0, 0.05) is 37.5 Å². The van der Waals surface area contributed by atoms with Crippen LogP contribution in [0.25, 0.3) is 0 Å². The van der Waals surface area contributed by atoms with E-state index >= 15 is 0 Å². The molecule has 1 N–H and O–H groups in total. The third-order valence-corrected chi connectivity index (χ3v) is 4.19. The zero-order valence-electron chi connectivity index (χ0n) is 11.8. The predicted octanol–water partition coefficient (Wildman–Crippen LogP) is 2.41. The van der Waals surface area contributed by atoms with Gasteiger partial charge in [-0.15, -0.1) is 0 Å². The molecule has 19 heavy (non-hydrogen) atoms. The number of rotatable bonds is 6. The van der Waals surface area contributed by atoms with Crippen molar-refractivity contribution < 1.29 is 4.74 Å². The van der Waals surface area contributed by atoms with Crippen molar-refractivity contribution in [2.24, 2.45) is 5.92 Å². The van der Waals surface area contributed by atoms with Crippen molar-refractivity contribution in [3.8, 4) is 0 Å². The molecule has 1 heterocycles. The van der Waals surface area contributed by atoms with Crippen LogP contribution in [-0.2, 0) is 11.3 Å². The molecule has 1 aromatic carbocycles. The third kappa shape index (κ3) is 3.28. The van der Waals surface area contributed by atoms with Crippen LogP contribution in [0.5, 0.6) is 0 Å². The summed E-state index contributed by atoms with van der Waals surface area (Å²) >= 11 is 0. The fraction of sp³-hybridized carbons (Fsp3) is 0.625. The molecule has 3 nitrogen and oxygen atoms in total. The number of ether oxygens (including phenoxy) is 1. The number of methoxy groups -OCH3 is 1. The minimum Gasteiger partial charge on any atom is -0.380 e. The first-order valence-corrected chi connectivity index (χ1v) is 7.42. The fourth-order valence-electron chi connectivity index (χ4n) is 2.94. The van der Waals surface area contributed by atoms with Gasteiger partial charge >= 0.3 is 0 Å². The van der Waals surface area contributed by atoms with Gasteiger partial charge in [-0.1, -0.05) is 18.2 Å². The highest BCUT2D eigenvalue weighted by Crippen LogP contribution is 2.28. The van der Waals surface area contributed by atoms with E-state index in [1.165, 1.54) is 50.1 Å². The largest absolute Gasteiger partial charge is 0.380 e. The zero-order valence-corrected chi connectivity index (χ0v) is 11.8. The molecule has 0 radical (unpaired) electrons. The number of nitrogens with zero attached hydrogens (tertiary/aromatic N) is 1. The maximum Gasteiger partial charge on any atom is 0.0733 e. The lowest BCUT2D eigenvalue weighted by atomic mass is 10.1. The Morgan fingerprint density at radius 2 is 2.11 bits per heavy atom. The molecule has 1 saturated heterocycles. The summed E-state index contributed by atoms with van der Waals surface area (Å²) in [6.07, 6.45) is 4.07. The van der Waals surface area contributed by atoms with Crippen molar-refractivity contribution >= 4 is 5.69 Å². The van der Waals surface area contributed by atoms with E-state index in [-0.39, 0.29) is 0 Å². The van der Waals surface area contributed by atoms with E-state index in [1.54, 1.807) is 7.11 Å². The second-order valence-electron chi connectivity index (χ2n) is 5.84. The van der Waals surface area contributed by atoms with Crippen molar-refractivity contribution in [1.29, 1.82) is 0 Å². The molecule has 104 valence electrons. The molecule has 1 aliphatic heterocycles. The summed E-state index contributed by atoms with van der Waals surface area (Å²) in [6.45, 7) is 4.25. The average molecular weight is 260 g/mol. The van der Waals surface area contributed by atoms with Gasteiger partial charge in [0.05, 0.1) is 6.61 Å². The molecule has 2 fully saturated rings. The molecule has 2 aliphatic rings. The van der Waals surface area contributed by atoms with Gasteiger partial charge in [0.2, 0.25) is 0 Å². The lowest BCUT2D eigenvalue weighted by Crippen LogP contribution is -2.28. The maximum atomic E-state index is 5.30. The summed E-state index contributed by atoms with van der Waals surface area (Å²) in [7, 11) is 1.77. The highest BCUT2D eigenvalue weighted by Gasteiger charge is 2.27. The summed E-state index contributed by atoms with van der Waals surface area (Å²) in [6, 6.07) is 9.46. The average Bonchev–Trinajstić information content (AvgIpc) is 3.15. The van der Waals surface area contributed by atoms with Gasteiger partial charge < -0.3 is 15.0 Å². The Balaban J connectivity index is 1.59. The smallest absolute Gasteiger partial charge is 0.0733 e. The van der Waals surface area contributed by atoms with Crippen LogP contribution in [-0.4, -0.2) is 32.8 Å². The molecule has 0 amide bonds. The summed E-state index contributed by atoms with van der Waals surface area (Å²) in [5, 5.41) is 3.66. The van der Waals surface area contributed by atoms with E-state index in [2.05, 4.69) is 34.5 Å². The molecular weight excluding hydrogens is 236 g/mol. The lowest BCUT2D eigenvalue weighted by molar-refractivity contribution is 0.185. The number of anilines is 1. The van der Waals surface area contributed by atoms with Crippen LogP contribution in [0.2, 0.25) is 0 Å². The second kappa shape index (κ2) is 5.93. The first-order valence-electron chi connectivity index (χ1n) is 7.42. The van der Waals surface area contributed by atoms with Crippen LogP contribution >= 0.6 is 0 Å². The van der Waals surface area contributed by atoms with Crippen LogP contribution in [0.1, 0.15) is 24.8 Å². The van der Waals surface area contributed by atoms with Crippen LogP contribution < -0.4 is 10.2 Å². The van der Waals surface area contributed by atoms with Crippen LogP contribution in [0.3, 0.4) is 0 Å². The first-order chi connectivity index (χ1) is 9.36. The monoisotopic (exact) mass is 260 g/mol. The number of benzene rings is 1. The number of nitrogens with one attached hydrogen (secondary N) is 1. The molecular formula is C16H24N2O. The molecule has 3 heteroatoms. The van der Waals surface area contributed by atoms with Crippen molar-refractivity contribution in [3.05, 3.63) is 29.8 Å². The van der Waals surface area contributed by atoms with Crippen LogP contribution in [0.15, 0.2) is 24.3 Å². The van der Waals surface area contributed by atoms with E-state index in [0.29, 0.717) is 6.61 Å². The summed E-state index contributed by atoms with van der Waals surface area (Å²) in [5.74, 6) is 0.802. The predicted molar refractivity (Wildman–Crippen MR) is 78.5 cm³/mol. The van der Waals surface area contributed by atoms with Crippen molar-refractivity contribution in [3.63, 3.8) is 0 Å². The molecule has 1 aliphatic carbocycles. The summed E-state index contributed by atoms with van der Waals surface area (Å²) in [4.78, 5) is 2.52. The molecule has 1 saturated carbocycles. The van der Waals surface area contributed by atoms with Gasteiger partial charge in [0.15, 0.2) is 0 Å². The Morgan fingerprint density at radius 1 is 1.26 bits per heavy atom. The summed E-state index contributed by atoms with van der Waals surface area (Å²) in [5.41, 5.74) is 2.67. The standard InChI is InChI=1S/C16H24N2O/c1-19-12-14-4-2-3-5-16(14)18-9-8-13(11-18)10-17-15-6-7-15/h2-5,13,15,17H,6-12H2,1H3. The third-order valence-electron chi connectivity index (χ3n) is 4.19. The van der Waals surface area contributed by atoms with Crippen LogP contribution in [0, 0.1) is 5.92 Å². The molecule has 0 spiro atoms. The molecule has 0 aromatic heterocycles. The molecule has 1 aromatic rings. The fourth-order valence-corrected chi connectivity index (χ4v) is 2.94. The Morgan fingerprint density at radius 3 is 2.89 bits per heavy atom. The number of hydrogen-bond donors (Lipinski definition) is 1. The van der Waals surface area contributed by atoms with Crippen molar-refractivity contribution in [1.82, 2.24) is 5.32 Å². The number of hydrogen-bond acceptors (Lipinski definition) is 3. The quantitative estimate of drug-likeness (QED) is 0.850. The first kappa shape index (κ1) is 12.9. The van der Waals surface area contributed by atoms with Gasteiger partial charge in [-0.05, 0) is 37.8 Å². The Bertz CT molecular complexity index is 417. The minimum atomic E-state index is 0.706. The van der Waals surface area contributed by atoms with Crippen molar-refractivity contribution in [2.45, 2.75) is 31.9 Å². The topological polar surface area (TPSA) is 24.5 Å². The van der Waals surface area contributed by atoms with E-state index in [4.69, 9.17) is 4.74 Å². The molecule has 3 rings (SSSR count). The van der Waals surface area contributed by atoms with Gasteiger partial charge in [-0.25, -0.2) is 0 Å². The SMILES string of the molecule is COCc1ccccc1N1CCC(CNC2CC2)C1. The van der Waals surface area contributed by atoms with Gasteiger partial charge in [0.1, 0.15) is 0 Å². The Labute approximate surface area is 115 Å².